The summed E-state index contributed by atoms with van der Waals surface area (Å²) in [5, 5.41) is 33.4. The second-order valence-corrected chi connectivity index (χ2v) is 18.1. The van der Waals surface area contributed by atoms with Crippen LogP contribution in [0.25, 0.3) is 0 Å². The fourth-order valence-electron chi connectivity index (χ4n) is 8.43. The van der Waals surface area contributed by atoms with E-state index in [1.165, 1.54) is 238 Å². The van der Waals surface area contributed by atoms with Crippen LogP contribution in [0.5, 0.6) is 0 Å². The van der Waals surface area contributed by atoms with Gasteiger partial charge in [-0.25, -0.2) is 0 Å². The summed E-state index contributed by atoms with van der Waals surface area (Å²) < 4.78 is 0. The van der Waals surface area contributed by atoms with Crippen LogP contribution in [0, 0.1) is 0 Å². The van der Waals surface area contributed by atoms with E-state index in [4.69, 9.17) is 0 Å². The molecule has 3 atom stereocenters. The molecule has 0 saturated heterocycles. The maximum Gasteiger partial charge on any atom is 0.249 e. The minimum atomic E-state index is -1.07. The van der Waals surface area contributed by atoms with Crippen LogP contribution >= 0.6 is 0 Å². The van der Waals surface area contributed by atoms with Crippen LogP contribution in [-0.4, -0.2) is 46.1 Å². The van der Waals surface area contributed by atoms with Gasteiger partial charge in [0.15, 0.2) is 0 Å². The van der Waals surface area contributed by atoms with Crippen molar-refractivity contribution < 1.29 is 20.1 Å². The molecule has 0 spiro atoms. The molecule has 0 aromatic carbocycles. The van der Waals surface area contributed by atoms with Crippen LogP contribution in [0.1, 0.15) is 296 Å². The van der Waals surface area contributed by atoms with Crippen LogP contribution in [0.15, 0.2) is 0 Å². The molecule has 0 fully saturated rings. The van der Waals surface area contributed by atoms with E-state index >= 15 is 0 Å². The summed E-state index contributed by atoms with van der Waals surface area (Å²) in [4.78, 5) is 12.5. The molecule has 0 aliphatic rings. The van der Waals surface area contributed by atoms with E-state index in [2.05, 4.69) is 19.2 Å². The van der Waals surface area contributed by atoms with Crippen molar-refractivity contribution in [2.24, 2.45) is 0 Å². The summed E-state index contributed by atoms with van der Waals surface area (Å²) in [6, 6.07) is -0.706. The molecule has 0 aromatic rings. The fraction of sp³-hybridized carbons (Fsp3) is 0.980. The van der Waals surface area contributed by atoms with Gasteiger partial charge < -0.3 is 20.6 Å². The summed E-state index contributed by atoms with van der Waals surface area (Å²) in [6.45, 7) is 4.26. The normalized spacial score (nSPS) is 13.3. The van der Waals surface area contributed by atoms with E-state index in [0.29, 0.717) is 12.8 Å². The van der Waals surface area contributed by atoms with Gasteiger partial charge in [0.1, 0.15) is 6.10 Å². The Morgan fingerprint density at radius 2 is 0.571 bits per heavy atom. The Morgan fingerprint density at radius 1 is 0.357 bits per heavy atom. The summed E-state index contributed by atoms with van der Waals surface area (Å²) in [7, 11) is 0. The molecule has 56 heavy (non-hydrogen) atoms. The maximum absolute atomic E-state index is 12.5. The molecule has 3 unspecified atom stereocenters. The number of rotatable bonds is 48. The summed E-state index contributed by atoms with van der Waals surface area (Å²) in [5.74, 6) is -0.464. The first-order chi connectivity index (χ1) is 27.6. The lowest BCUT2D eigenvalue weighted by Gasteiger charge is -2.23. The van der Waals surface area contributed by atoms with Gasteiger partial charge >= 0.3 is 0 Å². The second-order valence-electron chi connectivity index (χ2n) is 18.1. The van der Waals surface area contributed by atoms with Gasteiger partial charge in [0.25, 0.3) is 0 Å². The van der Waals surface area contributed by atoms with Gasteiger partial charge in [0.2, 0.25) is 5.91 Å². The van der Waals surface area contributed by atoms with Gasteiger partial charge in [-0.1, -0.05) is 284 Å². The van der Waals surface area contributed by atoms with Gasteiger partial charge in [-0.3, -0.25) is 4.79 Å². The zero-order valence-corrected chi connectivity index (χ0v) is 38.3. The van der Waals surface area contributed by atoms with E-state index in [9.17, 15) is 20.1 Å². The molecular weight excluding hydrogens is 691 g/mol. The quantitative estimate of drug-likeness (QED) is 0.0462. The van der Waals surface area contributed by atoms with Crippen LogP contribution in [0.2, 0.25) is 0 Å². The minimum Gasteiger partial charge on any atom is -0.394 e. The van der Waals surface area contributed by atoms with Crippen LogP contribution < -0.4 is 5.32 Å². The Balaban J connectivity index is 3.48. The number of hydrogen-bond donors (Lipinski definition) is 4. The summed E-state index contributed by atoms with van der Waals surface area (Å²) in [5.41, 5.74) is 0. The molecular formula is C51H103NO4. The topological polar surface area (TPSA) is 89.8 Å². The number of aliphatic hydroxyl groups excluding tert-OH is 3. The van der Waals surface area contributed by atoms with E-state index in [0.717, 1.165) is 32.1 Å². The zero-order valence-electron chi connectivity index (χ0n) is 38.3. The first-order valence-corrected chi connectivity index (χ1v) is 25.8. The minimum absolute atomic E-state index is 0.308. The van der Waals surface area contributed by atoms with Crippen molar-refractivity contribution in [3.05, 3.63) is 0 Å². The highest BCUT2D eigenvalue weighted by atomic mass is 16.3. The Bertz CT molecular complexity index is 747. The molecule has 1 amide bonds. The molecule has 0 rings (SSSR count). The van der Waals surface area contributed by atoms with E-state index in [1.807, 2.05) is 0 Å². The van der Waals surface area contributed by atoms with Gasteiger partial charge in [-0.05, 0) is 12.8 Å². The lowest BCUT2D eigenvalue weighted by atomic mass is 10.0. The summed E-state index contributed by atoms with van der Waals surface area (Å²) in [6.07, 6.45) is 55.6. The van der Waals surface area contributed by atoms with E-state index < -0.39 is 24.2 Å². The third-order valence-electron chi connectivity index (χ3n) is 12.5. The summed E-state index contributed by atoms with van der Waals surface area (Å²) >= 11 is 0. The Morgan fingerprint density at radius 3 is 0.804 bits per heavy atom. The molecule has 0 aliphatic carbocycles. The number of carbonyl (C=O) groups excluding carboxylic acids is 1. The predicted octanol–water partition coefficient (Wildman–Crippen LogP) is 15.4. The first kappa shape index (κ1) is 55.4. The smallest absolute Gasteiger partial charge is 0.249 e. The number of amides is 1. The lowest BCUT2D eigenvalue weighted by Crippen LogP contribution is -2.49. The number of hydrogen-bond acceptors (Lipinski definition) is 4. The molecule has 0 heterocycles. The number of nitrogens with one attached hydrogen (secondary N) is 1. The van der Waals surface area contributed by atoms with Gasteiger partial charge in [-0.15, -0.1) is 0 Å². The van der Waals surface area contributed by atoms with Gasteiger partial charge in [-0.2, -0.15) is 0 Å². The standard InChI is InChI=1S/C51H103NO4/c1-3-5-7-9-11-13-15-17-19-20-21-22-23-24-25-26-27-28-29-30-32-34-36-38-40-42-44-46-50(55)51(56)52-48(47-53)49(54)45-43-41-39-37-35-33-31-18-16-14-12-10-8-6-4-2/h48-50,53-55H,3-47H2,1-2H3,(H,52,56). The van der Waals surface area contributed by atoms with Crippen molar-refractivity contribution in [2.45, 2.75) is 315 Å². The van der Waals surface area contributed by atoms with Gasteiger partial charge in [0, 0.05) is 0 Å². The predicted molar refractivity (Wildman–Crippen MR) is 246 cm³/mol. The largest absolute Gasteiger partial charge is 0.394 e. The lowest BCUT2D eigenvalue weighted by molar-refractivity contribution is -0.131. The Hall–Kier alpha value is -0.650. The Labute approximate surface area is 351 Å². The van der Waals surface area contributed by atoms with Crippen molar-refractivity contribution in [1.82, 2.24) is 5.32 Å². The highest BCUT2D eigenvalue weighted by molar-refractivity contribution is 5.80. The number of carbonyl (C=O) groups is 1. The molecule has 4 N–H and O–H groups in total. The van der Waals surface area contributed by atoms with Crippen molar-refractivity contribution in [1.29, 1.82) is 0 Å². The SMILES string of the molecule is CCCCCCCCCCCCCCCCCCCCCCCCCCCCCC(O)C(=O)NC(CO)C(O)CCCCCCCCCCCCCCCCC. The van der Waals surface area contributed by atoms with E-state index in [1.54, 1.807) is 0 Å². The van der Waals surface area contributed by atoms with Crippen LogP contribution in [0.3, 0.4) is 0 Å². The van der Waals surface area contributed by atoms with E-state index in [-0.39, 0.29) is 6.61 Å². The van der Waals surface area contributed by atoms with Gasteiger partial charge in [0.05, 0.1) is 18.8 Å². The van der Waals surface area contributed by atoms with Crippen molar-refractivity contribution in [2.75, 3.05) is 6.61 Å². The monoisotopic (exact) mass is 794 g/mol. The molecule has 5 heteroatoms. The third kappa shape index (κ3) is 41.5. The highest BCUT2D eigenvalue weighted by Gasteiger charge is 2.23. The molecule has 0 aliphatic heterocycles. The average molecular weight is 794 g/mol. The number of unbranched alkanes of at least 4 members (excludes halogenated alkanes) is 40. The first-order valence-electron chi connectivity index (χ1n) is 25.8. The van der Waals surface area contributed by atoms with Crippen LogP contribution in [-0.2, 0) is 4.79 Å². The molecule has 0 saturated carbocycles. The molecule has 0 bridgehead atoms. The zero-order chi connectivity index (χ0) is 40.8. The third-order valence-corrected chi connectivity index (χ3v) is 12.5. The molecule has 5 nitrogen and oxygen atoms in total. The molecule has 0 aromatic heterocycles. The van der Waals surface area contributed by atoms with Crippen molar-refractivity contribution >= 4 is 5.91 Å². The molecule has 0 radical (unpaired) electrons. The maximum atomic E-state index is 12.5. The molecule has 336 valence electrons. The highest BCUT2D eigenvalue weighted by Crippen LogP contribution is 2.18. The number of aliphatic hydroxyl groups is 3. The second kappa shape index (κ2) is 47.0. The Kier molecular flexibility index (Phi) is 46.5. The fourth-order valence-corrected chi connectivity index (χ4v) is 8.43. The van der Waals surface area contributed by atoms with Crippen LogP contribution in [0.4, 0.5) is 0 Å². The average Bonchev–Trinajstić information content (AvgIpc) is 3.20. The van der Waals surface area contributed by atoms with Crippen molar-refractivity contribution in [3.63, 3.8) is 0 Å². The van der Waals surface area contributed by atoms with Crippen molar-refractivity contribution in [3.8, 4) is 0 Å².